The number of esters is 1. The van der Waals surface area contributed by atoms with Crippen LogP contribution in [0.5, 0.6) is 0 Å². The van der Waals surface area contributed by atoms with E-state index in [1.165, 1.54) is 7.11 Å². The Hall–Kier alpha value is -1.43. The minimum Gasteiger partial charge on any atom is -0.467 e. The van der Waals surface area contributed by atoms with Crippen LogP contribution in [-0.4, -0.2) is 42.5 Å². The highest BCUT2D eigenvalue weighted by atomic mass is 16.5. The Kier molecular flexibility index (Phi) is 5.09. The van der Waals surface area contributed by atoms with Gasteiger partial charge in [0.25, 0.3) is 0 Å². The highest BCUT2D eigenvalue weighted by Crippen LogP contribution is 2.25. The van der Waals surface area contributed by atoms with E-state index in [2.05, 4.69) is 10.1 Å². The zero-order chi connectivity index (χ0) is 12.8. The molecule has 96 valence electrons. The number of hydrogen-bond donors (Lipinski definition) is 2. The molecule has 1 aliphatic carbocycles. The van der Waals surface area contributed by atoms with E-state index in [1.54, 1.807) is 0 Å². The first-order valence-corrected chi connectivity index (χ1v) is 5.58. The van der Waals surface area contributed by atoms with Gasteiger partial charge in [0.05, 0.1) is 7.11 Å². The lowest BCUT2D eigenvalue weighted by atomic mass is 9.83. The van der Waals surface area contributed by atoms with Crippen molar-refractivity contribution in [1.29, 1.82) is 0 Å². The molecule has 0 spiro atoms. The third-order valence-corrected chi connectivity index (χ3v) is 2.91. The van der Waals surface area contributed by atoms with Crippen molar-refractivity contribution in [2.45, 2.75) is 31.7 Å². The van der Waals surface area contributed by atoms with E-state index >= 15 is 0 Å². The predicted molar refractivity (Wildman–Crippen MR) is 58.0 cm³/mol. The lowest BCUT2D eigenvalue weighted by molar-refractivity contribution is -0.147. The SMILES string of the molecule is COC(=O)[C@@H](NC(=O)CO)[C@H]1CCCC(=O)C1. The molecule has 1 rings (SSSR count). The summed E-state index contributed by atoms with van der Waals surface area (Å²) in [6, 6.07) is -0.844. The molecule has 6 nitrogen and oxygen atoms in total. The average Bonchev–Trinajstić information content (AvgIpc) is 2.34. The second kappa shape index (κ2) is 6.34. The van der Waals surface area contributed by atoms with Gasteiger partial charge in [0, 0.05) is 12.8 Å². The molecule has 6 heteroatoms. The number of aliphatic hydroxyl groups excluding tert-OH is 1. The smallest absolute Gasteiger partial charge is 0.328 e. The number of amides is 1. The number of nitrogens with one attached hydrogen (secondary N) is 1. The van der Waals surface area contributed by atoms with Gasteiger partial charge >= 0.3 is 5.97 Å². The first-order chi connectivity index (χ1) is 8.08. The zero-order valence-corrected chi connectivity index (χ0v) is 9.77. The van der Waals surface area contributed by atoms with Crippen molar-refractivity contribution < 1.29 is 24.2 Å². The van der Waals surface area contributed by atoms with Crippen LogP contribution in [0.2, 0.25) is 0 Å². The van der Waals surface area contributed by atoms with Crippen LogP contribution in [0.3, 0.4) is 0 Å². The highest BCUT2D eigenvalue weighted by Gasteiger charge is 2.33. The summed E-state index contributed by atoms with van der Waals surface area (Å²) in [6.07, 6.45) is 2.20. The summed E-state index contributed by atoms with van der Waals surface area (Å²) in [5.74, 6) is -1.36. The number of rotatable bonds is 4. The molecule has 0 bridgehead atoms. The number of carbonyl (C=O) groups excluding carboxylic acids is 3. The third-order valence-electron chi connectivity index (χ3n) is 2.91. The average molecular weight is 243 g/mol. The summed E-state index contributed by atoms with van der Waals surface area (Å²) in [5.41, 5.74) is 0. The van der Waals surface area contributed by atoms with Gasteiger partial charge in [0.2, 0.25) is 5.91 Å². The summed E-state index contributed by atoms with van der Waals surface area (Å²) in [7, 11) is 1.23. The number of Topliss-reactive ketones (excluding diaryl/α,β-unsaturated/α-hetero) is 1. The lowest BCUT2D eigenvalue weighted by Crippen LogP contribution is -2.48. The van der Waals surface area contributed by atoms with Crippen LogP contribution in [0.1, 0.15) is 25.7 Å². The van der Waals surface area contributed by atoms with E-state index in [-0.39, 0.29) is 18.1 Å². The summed E-state index contributed by atoms with van der Waals surface area (Å²) >= 11 is 0. The van der Waals surface area contributed by atoms with Gasteiger partial charge in [-0.05, 0) is 18.8 Å². The van der Waals surface area contributed by atoms with Gasteiger partial charge in [-0.2, -0.15) is 0 Å². The van der Waals surface area contributed by atoms with Crippen LogP contribution in [0.4, 0.5) is 0 Å². The van der Waals surface area contributed by atoms with Crippen molar-refractivity contribution in [3.63, 3.8) is 0 Å². The first-order valence-electron chi connectivity index (χ1n) is 5.58. The van der Waals surface area contributed by atoms with Crippen molar-refractivity contribution in [3.05, 3.63) is 0 Å². The van der Waals surface area contributed by atoms with Crippen molar-refractivity contribution in [3.8, 4) is 0 Å². The Morgan fingerprint density at radius 3 is 2.82 bits per heavy atom. The molecule has 1 amide bonds. The Balaban J connectivity index is 2.70. The van der Waals surface area contributed by atoms with E-state index < -0.39 is 24.5 Å². The first kappa shape index (κ1) is 13.6. The van der Waals surface area contributed by atoms with Gasteiger partial charge in [0.15, 0.2) is 0 Å². The molecular formula is C11H17NO5. The topological polar surface area (TPSA) is 92.7 Å². The fraction of sp³-hybridized carbons (Fsp3) is 0.727. The minimum atomic E-state index is -0.844. The maximum absolute atomic E-state index is 11.5. The molecule has 1 aliphatic rings. The zero-order valence-electron chi connectivity index (χ0n) is 9.77. The van der Waals surface area contributed by atoms with E-state index in [0.717, 1.165) is 0 Å². The Bertz CT molecular complexity index is 315. The summed E-state index contributed by atoms with van der Waals surface area (Å²) < 4.78 is 4.60. The fourth-order valence-corrected chi connectivity index (χ4v) is 2.06. The van der Waals surface area contributed by atoms with Crippen molar-refractivity contribution in [2.75, 3.05) is 13.7 Å². The van der Waals surface area contributed by atoms with Gasteiger partial charge < -0.3 is 15.2 Å². The quantitative estimate of drug-likeness (QED) is 0.643. The Labute approximate surface area is 99.3 Å². The molecule has 0 aromatic rings. The van der Waals surface area contributed by atoms with E-state index in [9.17, 15) is 14.4 Å². The standard InChI is InChI=1S/C11H17NO5/c1-17-11(16)10(12-9(15)6-13)7-3-2-4-8(14)5-7/h7,10,13H,2-6H2,1H3,(H,12,15)/t7-,10-/m0/s1. The number of ether oxygens (including phenoxy) is 1. The number of ketones is 1. The van der Waals surface area contributed by atoms with Gasteiger partial charge in [-0.3, -0.25) is 9.59 Å². The molecule has 0 saturated heterocycles. The van der Waals surface area contributed by atoms with Crippen LogP contribution in [-0.2, 0) is 19.1 Å². The van der Waals surface area contributed by atoms with Crippen molar-refractivity contribution in [2.24, 2.45) is 5.92 Å². The molecule has 2 atom stereocenters. The molecule has 0 aromatic carbocycles. The molecule has 0 radical (unpaired) electrons. The lowest BCUT2D eigenvalue weighted by Gasteiger charge is -2.28. The number of methoxy groups -OCH3 is 1. The van der Waals surface area contributed by atoms with Crippen LogP contribution in [0.15, 0.2) is 0 Å². The Morgan fingerprint density at radius 1 is 1.59 bits per heavy atom. The molecule has 1 fully saturated rings. The van der Waals surface area contributed by atoms with Gasteiger partial charge in [0.1, 0.15) is 18.4 Å². The number of hydrogen-bond acceptors (Lipinski definition) is 5. The highest BCUT2D eigenvalue weighted by molar-refractivity contribution is 5.86. The monoisotopic (exact) mass is 243 g/mol. The maximum Gasteiger partial charge on any atom is 0.328 e. The van der Waals surface area contributed by atoms with Gasteiger partial charge in [-0.15, -0.1) is 0 Å². The number of carbonyl (C=O) groups is 3. The largest absolute Gasteiger partial charge is 0.467 e. The Morgan fingerprint density at radius 2 is 2.29 bits per heavy atom. The maximum atomic E-state index is 11.5. The van der Waals surface area contributed by atoms with Crippen LogP contribution in [0, 0.1) is 5.92 Å². The van der Waals surface area contributed by atoms with Crippen LogP contribution in [0.25, 0.3) is 0 Å². The minimum absolute atomic E-state index is 0.0911. The van der Waals surface area contributed by atoms with Crippen molar-refractivity contribution >= 4 is 17.7 Å². The number of aliphatic hydroxyl groups is 1. The van der Waals surface area contributed by atoms with E-state index in [0.29, 0.717) is 19.3 Å². The van der Waals surface area contributed by atoms with E-state index in [4.69, 9.17) is 5.11 Å². The third kappa shape index (κ3) is 3.81. The second-order valence-corrected chi connectivity index (χ2v) is 4.12. The molecule has 17 heavy (non-hydrogen) atoms. The summed E-state index contributed by atoms with van der Waals surface area (Å²) in [6.45, 7) is -0.686. The molecule has 0 heterocycles. The summed E-state index contributed by atoms with van der Waals surface area (Å²) in [5, 5.41) is 11.0. The van der Waals surface area contributed by atoms with Gasteiger partial charge in [-0.25, -0.2) is 4.79 Å². The summed E-state index contributed by atoms with van der Waals surface area (Å²) in [4.78, 5) is 34.0. The molecule has 0 unspecified atom stereocenters. The predicted octanol–water partition coefficient (Wildman–Crippen LogP) is -0.604. The second-order valence-electron chi connectivity index (χ2n) is 4.12. The molecule has 0 aliphatic heterocycles. The van der Waals surface area contributed by atoms with E-state index in [1.807, 2.05) is 0 Å². The van der Waals surface area contributed by atoms with Gasteiger partial charge in [-0.1, -0.05) is 0 Å². The van der Waals surface area contributed by atoms with Crippen LogP contribution >= 0.6 is 0 Å². The fourth-order valence-electron chi connectivity index (χ4n) is 2.06. The molecule has 2 N–H and O–H groups in total. The molecule has 1 saturated carbocycles. The van der Waals surface area contributed by atoms with Crippen molar-refractivity contribution in [1.82, 2.24) is 5.32 Å². The molecule has 0 aromatic heterocycles. The normalized spacial score (nSPS) is 21.8. The van der Waals surface area contributed by atoms with Crippen LogP contribution < -0.4 is 5.32 Å². The molecular weight excluding hydrogens is 226 g/mol.